The fourth-order valence-electron chi connectivity index (χ4n) is 2.47. The molecule has 4 nitrogen and oxygen atoms in total. The Bertz CT molecular complexity index is 930. The maximum Gasteiger partial charge on any atom is 0.163 e. The first-order valence-electron chi connectivity index (χ1n) is 6.82. The predicted molar refractivity (Wildman–Crippen MR) is 81.6 cm³/mol. The topological polar surface area (TPSA) is 43.1 Å². The van der Waals surface area contributed by atoms with Gasteiger partial charge < -0.3 is 0 Å². The second-order valence-electron chi connectivity index (χ2n) is 4.86. The average Bonchev–Trinajstić information content (AvgIpc) is 2.96. The third-order valence-corrected chi connectivity index (χ3v) is 3.46. The molecular weight excluding hydrogens is 279 g/mol. The number of halogens is 1. The van der Waals surface area contributed by atoms with Crippen LogP contribution < -0.4 is 0 Å². The lowest BCUT2D eigenvalue weighted by Crippen LogP contribution is -1.87. The molecule has 0 saturated heterocycles. The Balaban J connectivity index is 2.04. The summed E-state index contributed by atoms with van der Waals surface area (Å²) in [6.45, 7) is 0. The van der Waals surface area contributed by atoms with Crippen molar-refractivity contribution in [2.75, 3.05) is 0 Å². The summed E-state index contributed by atoms with van der Waals surface area (Å²) in [5.74, 6) is -0.270. The Morgan fingerprint density at radius 1 is 0.909 bits per heavy atom. The molecule has 106 valence electrons. The van der Waals surface area contributed by atoms with Gasteiger partial charge in [-0.05, 0) is 36.4 Å². The minimum atomic E-state index is -0.270. The van der Waals surface area contributed by atoms with Gasteiger partial charge in [-0.25, -0.2) is 13.9 Å². The number of benzene rings is 1. The Labute approximate surface area is 125 Å². The van der Waals surface area contributed by atoms with Crippen LogP contribution in [-0.2, 0) is 0 Å². The number of nitrogens with zero attached hydrogens (tertiary/aromatic N) is 4. The van der Waals surface area contributed by atoms with Gasteiger partial charge in [0.2, 0.25) is 0 Å². The van der Waals surface area contributed by atoms with E-state index in [4.69, 9.17) is 0 Å². The van der Waals surface area contributed by atoms with Crippen molar-refractivity contribution in [3.05, 3.63) is 73.1 Å². The molecule has 1 aromatic carbocycles. The molecule has 0 amide bonds. The van der Waals surface area contributed by atoms with Crippen molar-refractivity contribution in [3.8, 4) is 22.4 Å². The van der Waals surface area contributed by atoms with Crippen LogP contribution in [0.4, 0.5) is 4.39 Å². The van der Waals surface area contributed by atoms with E-state index < -0.39 is 0 Å². The molecule has 0 aliphatic carbocycles. The lowest BCUT2D eigenvalue weighted by molar-refractivity contribution is 0.628. The van der Waals surface area contributed by atoms with Crippen LogP contribution in [0.2, 0.25) is 0 Å². The summed E-state index contributed by atoms with van der Waals surface area (Å²) in [6, 6.07) is 12.0. The third-order valence-electron chi connectivity index (χ3n) is 3.46. The van der Waals surface area contributed by atoms with Gasteiger partial charge in [-0.2, -0.15) is 5.10 Å². The van der Waals surface area contributed by atoms with Gasteiger partial charge in [0.15, 0.2) is 5.65 Å². The van der Waals surface area contributed by atoms with Crippen LogP contribution >= 0.6 is 0 Å². The number of hydrogen-bond donors (Lipinski definition) is 0. The van der Waals surface area contributed by atoms with Crippen molar-refractivity contribution in [1.29, 1.82) is 0 Å². The van der Waals surface area contributed by atoms with Gasteiger partial charge in [0.05, 0.1) is 5.56 Å². The van der Waals surface area contributed by atoms with E-state index in [9.17, 15) is 4.39 Å². The number of rotatable bonds is 2. The lowest BCUT2D eigenvalue weighted by Gasteiger charge is -2.02. The smallest absolute Gasteiger partial charge is 0.163 e. The molecule has 4 aromatic rings. The molecule has 22 heavy (non-hydrogen) atoms. The Morgan fingerprint density at radius 3 is 2.55 bits per heavy atom. The summed E-state index contributed by atoms with van der Waals surface area (Å²) in [6.07, 6.45) is 7.07. The predicted octanol–water partition coefficient (Wildman–Crippen LogP) is 3.60. The highest BCUT2D eigenvalue weighted by atomic mass is 19.1. The molecule has 0 bridgehead atoms. The van der Waals surface area contributed by atoms with Crippen LogP contribution in [0.1, 0.15) is 0 Å². The van der Waals surface area contributed by atoms with Crippen molar-refractivity contribution < 1.29 is 4.39 Å². The first kappa shape index (κ1) is 12.6. The number of hydrogen-bond acceptors (Lipinski definition) is 3. The SMILES string of the molecule is Fc1ccc(-c2nn3cccnc3c2-c2cccnc2)cc1. The largest absolute Gasteiger partial charge is 0.264 e. The molecule has 3 heterocycles. The summed E-state index contributed by atoms with van der Waals surface area (Å²) < 4.78 is 14.9. The maximum absolute atomic E-state index is 13.2. The van der Waals surface area contributed by atoms with Crippen LogP contribution in [0.25, 0.3) is 28.0 Å². The minimum absolute atomic E-state index is 0.270. The second kappa shape index (κ2) is 5.04. The van der Waals surface area contributed by atoms with Crippen molar-refractivity contribution >= 4 is 5.65 Å². The Hall–Kier alpha value is -3.08. The molecule has 0 aliphatic heterocycles. The molecule has 0 fully saturated rings. The molecule has 4 rings (SSSR count). The van der Waals surface area contributed by atoms with Crippen LogP contribution in [0, 0.1) is 5.82 Å². The van der Waals surface area contributed by atoms with E-state index in [1.807, 2.05) is 24.4 Å². The zero-order valence-corrected chi connectivity index (χ0v) is 11.5. The molecule has 0 radical (unpaired) electrons. The van der Waals surface area contributed by atoms with Gasteiger partial charge in [0, 0.05) is 35.9 Å². The lowest BCUT2D eigenvalue weighted by atomic mass is 10.0. The van der Waals surface area contributed by atoms with E-state index in [0.717, 1.165) is 28.0 Å². The first-order valence-corrected chi connectivity index (χ1v) is 6.82. The van der Waals surface area contributed by atoms with Gasteiger partial charge in [-0.3, -0.25) is 4.98 Å². The summed E-state index contributed by atoms with van der Waals surface area (Å²) in [7, 11) is 0. The summed E-state index contributed by atoms with van der Waals surface area (Å²) in [4.78, 5) is 8.59. The molecular formula is C17H11FN4. The normalized spacial score (nSPS) is 11.0. The highest BCUT2D eigenvalue weighted by Crippen LogP contribution is 2.33. The maximum atomic E-state index is 13.2. The summed E-state index contributed by atoms with van der Waals surface area (Å²) in [5.41, 5.74) is 4.16. The average molecular weight is 290 g/mol. The van der Waals surface area contributed by atoms with Gasteiger partial charge in [-0.1, -0.05) is 6.07 Å². The van der Waals surface area contributed by atoms with E-state index in [1.165, 1.54) is 12.1 Å². The number of fused-ring (bicyclic) bond motifs is 1. The van der Waals surface area contributed by atoms with E-state index in [2.05, 4.69) is 15.1 Å². The van der Waals surface area contributed by atoms with Crippen LogP contribution in [-0.4, -0.2) is 19.6 Å². The van der Waals surface area contributed by atoms with Crippen LogP contribution in [0.5, 0.6) is 0 Å². The van der Waals surface area contributed by atoms with Crippen molar-refractivity contribution in [2.24, 2.45) is 0 Å². The molecule has 5 heteroatoms. The van der Waals surface area contributed by atoms with Crippen LogP contribution in [0.15, 0.2) is 67.3 Å². The van der Waals surface area contributed by atoms with Gasteiger partial charge in [0.25, 0.3) is 0 Å². The summed E-state index contributed by atoms with van der Waals surface area (Å²) in [5, 5.41) is 4.59. The van der Waals surface area contributed by atoms with E-state index in [-0.39, 0.29) is 5.82 Å². The number of aromatic nitrogens is 4. The van der Waals surface area contributed by atoms with Gasteiger partial charge in [0.1, 0.15) is 11.5 Å². The van der Waals surface area contributed by atoms with E-state index in [0.29, 0.717) is 0 Å². The van der Waals surface area contributed by atoms with Crippen molar-refractivity contribution in [1.82, 2.24) is 19.6 Å². The summed E-state index contributed by atoms with van der Waals surface area (Å²) >= 11 is 0. The molecule has 0 N–H and O–H groups in total. The molecule has 0 saturated carbocycles. The second-order valence-corrected chi connectivity index (χ2v) is 4.86. The number of pyridine rings is 1. The Morgan fingerprint density at radius 2 is 1.77 bits per heavy atom. The standard InChI is InChI=1S/C17H11FN4/c18-14-6-4-12(5-7-14)16-15(13-3-1-8-19-11-13)17-20-9-2-10-22(17)21-16/h1-11H. The monoisotopic (exact) mass is 290 g/mol. The fraction of sp³-hybridized carbons (Fsp3) is 0. The van der Waals surface area contributed by atoms with Crippen molar-refractivity contribution in [3.63, 3.8) is 0 Å². The highest BCUT2D eigenvalue weighted by Gasteiger charge is 2.17. The first-order chi connectivity index (χ1) is 10.8. The van der Waals surface area contributed by atoms with Crippen LogP contribution in [0.3, 0.4) is 0 Å². The minimum Gasteiger partial charge on any atom is -0.264 e. The quantitative estimate of drug-likeness (QED) is 0.566. The molecule has 0 aliphatic rings. The molecule has 0 atom stereocenters. The zero-order valence-electron chi connectivity index (χ0n) is 11.5. The third kappa shape index (κ3) is 2.03. The van der Waals surface area contributed by atoms with Gasteiger partial charge in [-0.15, -0.1) is 0 Å². The molecule has 0 spiro atoms. The fourth-order valence-corrected chi connectivity index (χ4v) is 2.47. The zero-order chi connectivity index (χ0) is 14.9. The van der Waals surface area contributed by atoms with E-state index >= 15 is 0 Å². The highest BCUT2D eigenvalue weighted by molar-refractivity contribution is 5.90. The van der Waals surface area contributed by atoms with Crippen molar-refractivity contribution in [2.45, 2.75) is 0 Å². The molecule has 3 aromatic heterocycles. The Kier molecular flexibility index (Phi) is 2.89. The van der Waals surface area contributed by atoms with E-state index in [1.54, 1.807) is 35.2 Å². The molecule has 0 unspecified atom stereocenters. The van der Waals surface area contributed by atoms with Gasteiger partial charge >= 0.3 is 0 Å².